The highest BCUT2D eigenvalue weighted by atomic mass is 16.1. The van der Waals surface area contributed by atoms with Crippen molar-refractivity contribution in [2.75, 3.05) is 0 Å². The van der Waals surface area contributed by atoms with E-state index in [0.717, 1.165) is 6.42 Å². The molecule has 0 aliphatic rings. The molecule has 0 radical (unpaired) electrons. The molecule has 1 atom stereocenters. The Kier molecular flexibility index (Phi) is 4.84. The monoisotopic (exact) mass is 154 g/mol. The molecule has 0 amide bonds. The van der Waals surface area contributed by atoms with E-state index < -0.39 is 0 Å². The van der Waals surface area contributed by atoms with E-state index in [1.165, 1.54) is 0 Å². The SMILES string of the molecule is CC(=O)C=CCC(C)C(C)C. The first kappa shape index (κ1) is 10.4. The largest absolute Gasteiger partial charge is 0.295 e. The number of carbonyl (C=O) groups is 1. The van der Waals surface area contributed by atoms with Crippen LogP contribution in [0.5, 0.6) is 0 Å². The van der Waals surface area contributed by atoms with E-state index in [4.69, 9.17) is 0 Å². The fourth-order valence-electron chi connectivity index (χ4n) is 0.721. The molecule has 0 aliphatic carbocycles. The van der Waals surface area contributed by atoms with Gasteiger partial charge in [0.1, 0.15) is 0 Å². The molecule has 0 aromatic rings. The second kappa shape index (κ2) is 5.11. The smallest absolute Gasteiger partial charge is 0.152 e. The molecule has 0 aliphatic heterocycles. The van der Waals surface area contributed by atoms with Crippen LogP contribution in [0.15, 0.2) is 12.2 Å². The zero-order valence-electron chi connectivity index (χ0n) is 7.92. The van der Waals surface area contributed by atoms with Crippen LogP contribution in [0.4, 0.5) is 0 Å². The molecule has 0 fully saturated rings. The van der Waals surface area contributed by atoms with Gasteiger partial charge in [0.25, 0.3) is 0 Å². The number of hydrogen-bond acceptors (Lipinski definition) is 1. The van der Waals surface area contributed by atoms with E-state index in [2.05, 4.69) is 20.8 Å². The summed E-state index contributed by atoms with van der Waals surface area (Å²) in [7, 11) is 0. The molecule has 0 saturated heterocycles. The van der Waals surface area contributed by atoms with Gasteiger partial charge in [-0.25, -0.2) is 0 Å². The molecule has 0 bridgehead atoms. The molecule has 1 heteroatoms. The number of rotatable bonds is 4. The Morgan fingerprint density at radius 3 is 2.27 bits per heavy atom. The van der Waals surface area contributed by atoms with Crippen LogP contribution in [0, 0.1) is 11.8 Å². The molecule has 0 aromatic heterocycles. The van der Waals surface area contributed by atoms with Crippen molar-refractivity contribution in [2.24, 2.45) is 11.8 Å². The van der Waals surface area contributed by atoms with E-state index >= 15 is 0 Å². The van der Waals surface area contributed by atoms with Crippen LogP contribution in [-0.4, -0.2) is 5.78 Å². The Morgan fingerprint density at radius 2 is 1.91 bits per heavy atom. The van der Waals surface area contributed by atoms with Crippen molar-refractivity contribution in [2.45, 2.75) is 34.1 Å². The summed E-state index contributed by atoms with van der Waals surface area (Å²) >= 11 is 0. The van der Waals surface area contributed by atoms with Crippen LogP contribution in [0.2, 0.25) is 0 Å². The summed E-state index contributed by atoms with van der Waals surface area (Å²) < 4.78 is 0. The van der Waals surface area contributed by atoms with E-state index in [9.17, 15) is 4.79 Å². The summed E-state index contributed by atoms with van der Waals surface area (Å²) in [5, 5.41) is 0. The van der Waals surface area contributed by atoms with Gasteiger partial charge < -0.3 is 0 Å². The molecule has 11 heavy (non-hydrogen) atoms. The number of hydrogen-bond donors (Lipinski definition) is 0. The van der Waals surface area contributed by atoms with Gasteiger partial charge in [0.15, 0.2) is 5.78 Å². The molecule has 0 saturated carbocycles. The Bertz CT molecular complexity index is 145. The molecule has 0 aromatic carbocycles. The lowest BCUT2D eigenvalue weighted by molar-refractivity contribution is -0.112. The van der Waals surface area contributed by atoms with Crippen LogP contribution in [0.25, 0.3) is 0 Å². The predicted molar refractivity (Wildman–Crippen MR) is 48.4 cm³/mol. The molecule has 1 unspecified atom stereocenters. The number of ketones is 1. The lowest BCUT2D eigenvalue weighted by Gasteiger charge is -2.11. The highest BCUT2D eigenvalue weighted by molar-refractivity contribution is 5.87. The third kappa shape index (κ3) is 5.84. The van der Waals surface area contributed by atoms with E-state index in [1.807, 2.05) is 6.08 Å². The van der Waals surface area contributed by atoms with E-state index in [-0.39, 0.29) is 5.78 Å². The quantitative estimate of drug-likeness (QED) is 0.569. The van der Waals surface area contributed by atoms with Gasteiger partial charge >= 0.3 is 0 Å². The fourth-order valence-corrected chi connectivity index (χ4v) is 0.721. The van der Waals surface area contributed by atoms with Gasteiger partial charge in [-0.3, -0.25) is 4.79 Å². The summed E-state index contributed by atoms with van der Waals surface area (Å²) in [6, 6.07) is 0. The molecule has 1 nitrogen and oxygen atoms in total. The third-order valence-electron chi connectivity index (χ3n) is 2.00. The average molecular weight is 154 g/mol. The highest BCUT2D eigenvalue weighted by Gasteiger charge is 2.03. The van der Waals surface area contributed by atoms with Crippen LogP contribution >= 0.6 is 0 Å². The molecule has 0 rings (SSSR count). The van der Waals surface area contributed by atoms with Crippen molar-refractivity contribution in [3.05, 3.63) is 12.2 Å². The average Bonchev–Trinajstić information content (AvgIpc) is 1.86. The standard InChI is InChI=1S/C10H18O/c1-8(2)9(3)6-5-7-10(4)11/h5,7-9H,6H2,1-4H3. The maximum Gasteiger partial charge on any atom is 0.152 e. The summed E-state index contributed by atoms with van der Waals surface area (Å²) in [4.78, 5) is 10.5. The zero-order valence-corrected chi connectivity index (χ0v) is 7.92. The van der Waals surface area contributed by atoms with Crippen molar-refractivity contribution in [1.29, 1.82) is 0 Å². The van der Waals surface area contributed by atoms with E-state index in [1.54, 1.807) is 13.0 Å². The molecule has 64 valence electrons. The first-order valence-corrected chi connectivity index (χ1v) is 4.21. The summed E-state index contributed by atoms with van der Waals surface area (Å²) in [5.74, 6) is 1.51. The normalized spacial score (nSPS) is 14.3. The number of carbonyl (C=O) groups excluding carboxylic acids is 1. The predicted octanol–water partition coefficient (Wildman–Crippen LogP) is 2.81. The summed E-state index contributed by atoms with van der Waals surface area (Å²) in [5.41, 5.74) is 0. The van der Waals surface area contributed by atoms with Crippen LogP contribution in [0.3, 0.4) is 0 Å². The molecular formula is C10H18O. The van der Waals surface area contributed by atoms with Crippen LogP contribution < -0.4 is 0 Å². The van der Waals surface area contributed by atoms with Gasteiger partial charge in [-0.15, -0.1) is 0 Å². The van der Waals surface area contributed by atoms with Gasteiger partial charge in [0.2, 0.25) is 0 Å². The highest BCUT2D eigenvalue weighted by Crippen LogP contribution is 2.13. The maximum atomic E-state index is 10.5. The topological polar surface area (TPSA) is 17.1 Å². The fraction of sp³-hybridized carbons (Fsp3) is 0.700. The zero-order chi connectivity index (χ0) is 8.85. The second-order valence-electron chi connectivity index (χ2n) is 3.47. The Morgan fingerprint density at radius 1 is 1.36 bits per heavy atom. The molecule has 0 N–H and O–H groups in total. The minimum Gasteiger partial charge on any atom is -0.295 e. The van der Waals surface area contributed by atoms with Crippen LogP contribution in [-0.2, 0) is 4.79 Å². The minimum atomic E-state index is 0.140. The second-order valence-corrected chi connectivity index (χ2v) is 3.47. The minimum absolute atomic E-state index is 0.140. The lowest BCUT2D eigenvalue weighted by Crippen LogP contribution is -2.01. The Labute approximate surface area is 69.5 Å². The number of allylic oxidation sites excluding steroid dienone is 2. The molecular weight excluding hydrogens is 136 g/mol. The van der Waals surface area contributed by atoms with Crippen molar-refractivity contribution >= 4 is 5.78 Å². The van der Waals surface area contributed by atoms with Gasteiger partial charge in [-0.05, 0) is 31.3 Å². The van der Waals surface area contributed by atoms with Gasteiger partial charge in [-0.2, -0.15) is 0 Å². The molecule has 0 spiro atoms. The van der Waals surface area contributed by atoms with Gasteiger partial charge in [0, 0.05) is 0 Å². The first-order chi connectivity index (χ1) is 5.04. The van der Waals surface area contributed by atoms with Crippen LogP contribution in [0.1, 0.15) is 34.1 Å². The van der Waals surface area contributed by atoms with Crippen molar-refractivity contribution in [3.8, 4) is 0 Å². The summed E-state index contributed by atoms with van der Waals surface area (Å²) in [6.07, 6.45) is 4.63. The van der Waals surface area contributed by atoms with Gasteiger partial charge in [0.05, 0.1) is 0 Å². The van der Waals surface area contributed by atoms with Crippen molar-refractivity contribution < 1.29 is 4.79 Å². The lowest BCUT2D eigenvalue weighted by atomic mass is 9.94. The maximum absolute atomic E-state index is 10.5. The third-order valence-corrected chi connectivity index (χ3v) is 2.00. The molecule has 0 heterocycles. The summed E-state index contributed by atoms with van der Waals surface area (Å²) in [6.45, 7) is 8.18. The Hall–Kier alpha value is -0.590. The van der Waals surface area contributed by atoms with E-state index in [0.29, 0.717) is 11.8 Å². The van der Waals surface area contributed by atoms with Crippen molar-refractivity contribution in [3.63, 3.8) is 0 Å². The van der Waals surface area contributed by atoms with Crippen molar-refractivity contribution in [1.82, 2.24) is 0 Å². The van der Waals surface area contributed by atoms with Gasteiger partial charge in [-0.1, -0.05) is 26.8 Å². The Balaban J connectivity index is 3.61. The first-order valence-electron chi connectivity index (χ1n) is 4.21.